The molecule has 1 aliphatic rings. The summed E-state index contributed by atoms with van der Waals surface area (Å²) in [4.78, 5) is 16.3. The van der Waals surface area contributed by atoms with Crippen LogP contribution in [0.25, 0.3) is 0 Å². The van der Waals surface area contributed by atoms with Gasteiger partial charge >= 0.3 is 5.69 Å². The van der Waals surface area contributed by atoms with Gasteiger partial charge in [0.15, 0.2) is 0 Å². The lowest BCUT2D eigenvalue weighted by Crippen LogP contribution is -2.30. The molecule has 1 aromatic rings. The van der Waals surface area contributed by atoms with Crippen molar-refractivity contribution in [2.24, 2.45) is 0 Å². The van der Waals surface area contributed by atoms with Gasteiger partial charge in [0, 0.05) is 19.2 Å². The predicted molar refractivity (Wildman–Crippen MR) is 61.4 cm³/mol. The third-order valence-electron chi connectivity index (χ3n) is 2.76. The first-order valence-corrected chi connectivity index (χ1v) is 5.34. The van der Waals surface area contributed by atoms with Gasteiger partial charge in [-0.05, 0) is 25.3 Å². The predicted octanol–water partition coefficient (Wildman–Crippen LogP) is 1.56. The zero-order valence-electron chi connectivity index (χ0n) is 8.93. The highest BCUT2D eigenvalue weighted by atomic mass is 16.6. The van der Waals surface area contributed by atoms with Crippen LogP contribution >= 0.6 is 0 Å². The van der Waals surface area contributed by atoms with Crippen LogP contribution in [-0.2, 0) is 0 Å². The molecule has 16 heavy (non-hydrogen) atoms. The van der Waals surface area contributed by atoms with Crippen molar-refractivity contribution < 1.29 is 4.92 Å². The lowest BCUT2D eigenvalue weighted by atomic mass is 10.1. The van der Waals surface area contributed by atoms with Gasteiger partial charge in [0.2, 0.25) is 5.82 Å². The van der Waals surface area contributed by atoms with Crippen molar-refractivity contribution >= 4 is 17.3 Å². The number of rotatable bonds is 2. The maximum atomic E-state index is 10.6. The van der Waals surface area contributed by atoms with E-state index in [0.717, 1.165) is 31.7 Å². The van der Waals surface area contributed by atoms with Gasteiger partial charge in [-0.1, -0.05) is 0 Å². The summed E-state index contributed by atoms with van der Waals surface area (Å²) in [5, 5.41) is 10.6. The maximum Gasteiger partial charge on any atom is 0.311 e. The van der Waals surface area contributed by atoms with Crippen molar-refractivity contribution in [3.05, 3.63) is 22.2 Å². The van der Waals surface area contributed by atoms with Crippen LogP contribution in [0.4, 0.5) is 17.3 Å². The fourth-order valence-electron chi connectivity index (χ4n) is 1.91. The molecule has 2 rings (SSSR count). The van der Waals surface area contributed by atoms with Gasteiger partial charge < -0.3 is 10.6 Å². The Kier molecular flexibility index (Phi) is 2.89. The minimum absolute atomic E-state index is 0.00641. The Hall–Kier alpha value is -1.85. The van der Waals surface area contributed by atoms with E-state index in [9.17, 15) is 10.1 Å². The first kappa shape index (κ1) is 10.7. The van der Waals surface area contributed by atoms with Gasteiger partial charge in [0.05, 0.1) is 4.92 Å². The topological polar surface area (TPSA) is 85.3 Å². The lowest BCUT2D eigenvalue weighted by molar-refractivity contribution is -0.384. The minimum Gasteiger partial charge on any atom is -0.378 e. The quantitative estimate of drug-likeness (QED) is 0.606. The zero-order valence-corrected chi connectivity index (χ0v) is 8.93. The van der Waals surface area contributed by atoms with Gasteiger partial charge in [-0.15, -0.1) is 0 Å². The van der Waals surface area contributed by atoms with Gasteiger partial charge in [0.1, 0.15) is 5.82 Å². The molecule has 0 bridgehead atoms. The number of nitrogens with zero attached hydrogens (tertiary/aromatic N) is 3. The number of pyridine rings is 1. The van der Waals surface area contributed by atoms with Crippen molar-refractivity contribution in [2.45, 2.75) is 19.3 Å². The number of hydrogen-bond donors (Lipinski definition) is 1. The van der Waals surface area contributed by atoms with E-state index in [1.807, 2.05) is 0 Å². The fourth-order valence-corrected chi connectivity index (χ4v) is 1.91. The van der Waals surface area contributed by atoms with E-state index in [0.29, 0.717) is 0 Å². The summed E-state index contributed by atoms with van der Waals surface area (Å²) in [7, 11) is 0. The van der Waals surface area contributed by atoms with Crippen molar-refractivity contribution in [3.8, 4) is 0 Å². The second-order valence-electron chi connectivity index (χ2n) is 3.88. The number of aromatic nitrogens is 1. The highest BCUT2D eigenvalue weighted by Crippen LogP contribution is 2.24. The smallest absolute Gasteiger partial charge is 0.311 e. The second kappa shape index (κ2) is 4.34. The molecule has 6 nitrogen and oxygen atoms in total. The van der Waals surface area contributed by atoms with Crippen LogP contribution in [0.15, 0.2) is 12.1 Å². The second-order valence-corrected chi connectivity index (χ2v) is 3.88. The molecule has 0 spiro atoms. The van der Waals surface area contributed by atoms with Gasteiger partial charge in [-0.3, -0.25) is 10.1 Å². The third-order valence-corrected chi connectivity index (χ3v) is 2.76. The lowest BCUT2D eigenvalue weighted by Gasteiger charge is -2.27. The summed E-state index contributed by atoms with van der Waals surface area (Å²) in [5.74, 6) is 0.732. The Bertz CT molecular complexity index is 402. The fraction of sp³-hybridized carbons (Fsp3) is 0.500. The van der Waals surface area contributed by atoms with Crippen LogP contribution in [0.2, 0.25) is 0 Å². The largest absolute Gasteiger partial charge is 0.378 e. The van der Waals surface area contributed by atoms with Crippen LogP contribution < -0.4 is 10.6 Å². The molecule has 1 aromatic heterocycles. The summed E-state index contributed by atoms with van der Waals surface area (Å²) >= 11 is 0. The average Bonchev–Trinajstić information content (AvgIpc) is 2.29. The summed E-state index contributed by atoms with van der Waals surface area (Å²) in [6.07, 6.45) is 3.51. The number of piperidine rings is 1. The van der Waals surface area contributed by atoms with E-state index in [4.69, 9.17) is 5.73 Å². The Balaban J connectivity index is 2.23. The van der Waals surface area contributed by atoms with E-state index in [1.165, 1.54) is 12.5 Å². The molecule has 0 saturated carbocycles. The highest BCUT2D eigenvalue weighted by Gasteiger charge is 2.17. The van der Waals surface area contributed by atoms with Gasteiger partial charge in [-0.2, -0.15) is 0 Å². The average molecular weight is 222 g/mol. The Morgan fingerprint density at radius 1 is 1.31 bits per heavy atom. The van der Waals surface area contributed by atoms with E-state index in [-0.39, 0.29) is 11.5 Å². The van der Waals surface area contributed by atoms with Crippen LogP contribution in [-0.4, -0.2) is 23.0 Å². The molecule has 1 aliphatic heterocycles. The highest BCUT2D eigenvalue weighted by molar-refractivity contribution is 5.58. The molecule has 0 radical (unpaired) electrons. The van der Waals surface area contributed by atoms with Crippen molar-refractivity contribution in [2.75, 3.05) is 23.7 Å². The summed E-state index contributed by atoms with van der Waals surface area (Å²) in [6, 6.07) is 3.09. The molecule has 0 unspecified atom stereocenters. The number of nitrogens with two attached hydrogens (primary N) is 1. The molecule has 0 amide bonds. The monoisotopic (exact) mass is 222 g/mol. The molecule has 6 heteroatoms. The normalized spacial score (nSPS) is 16.1. The van der Waals surface area contributed by atoms with Gasteiger partial charge in [0.25, 0.3) is 0 Å². The van der Waals surface area contributed by atoms with E-state index in [1.54, 1.807) is 6.07 Å². The van der Waals surface area contributed by atoms with Crippen LogP contribution in [0, 0.1) is 10.1 Å². The number of hydrogen-bond acceptors (Lipinski definition) is 5. The number of nitro groups is 1. The molecule has 86 valence electrons. The molecular formula is C10H14N4O2. The van der Waals surface area contributed by atoms with Crippen LogP contribution in [0.5, 0.6) is 0 Å². The number of anilines is 2. The van der Waals surface area contributed by atoms with E-state index >= 15 is 0 Å². The standard InChI is InChI=1S/C10H14N4O2/c11-10-8(14(15)16)4-5-9(12-10)13-6-2-1-3-7-13/h4-5H,1-3,6-7H2,(H2,11,12). The van der Waals surface area contributed by atoms with Crippen molar-refractivity contribution in [1.82, 2.24) is 4.98 Å². The first-order valence-electron chi connectivity index (χ1n) is 5.34. The Morgan fingerprint density at radius 2 is 2.00 bits per heavy atom. The van der Waals surface area contributed by atoms with E-state index in [2.05, 4.69) is 9.88 Å². The minimum atomic E-state index is -0.512. The third kappa shape index (κ3) is 2.05. The van der Waals surface area contributed by atoms with Crippen LogP contribution in [0.1, 0.15) is 19.3 Å². The van der Waals surface area contributed by atoms with Crippen molar-refractivity contribution in [1.29, 1.82) is 0 Å². The van der Waals surface area contributed by atoms with E-state index < -0.39 is 4.92 Å². The molecule has 0 aromatic carbocycles. The summed E-state index contributed by atoms with van der Waals surface area (Å²) < 4.78 is 0. The maximum absolute atomic E-state index is 10.6. The first-order chi connectivity index (χ1) is 7.68. The Labute approximate surface area is 93.2 Å². The van der Waals surface area contributed by atoms with Gasteiger partial charge in [-0.25, -0.2) is 4.98 Å². The SMILES string of the molecule is Nc1nc(N2CCCCC2)ccc1[N+](=O)[O-]. The Morgan fingerprint density at radius 3 is 2.56 bits per heavy atom. The molecule has 0 atom stereocenters. The molecule has 2 N–H and O–H groups in total. The molecule has 1 saturated heterocycles. The molecule has 1 fully saturated rings. The summed E-state index contributed by atoms with van der Waals surface area (Å²) in [5.41, 5.74) is 5.43. The van der Waals surface area contributed by atoms with Crippen LogP contribution in [0.3, 0.4) is 0 Å². The molecule has 0 aliphatic carbocycles. The number of nitrogen functional groups attached to an aromatic ring is 1. The molecule has 2 heterocycles. The molecular weight excluding hydrogens is 208 g/mol. The zero-order chi connectivity index (χ0) is 11.5. The van der Waals surface area contributed by atoms with Crippen molar-refractivity contribution in [3.63, 3.8) is 0 Å². The summed E-state index contributed by atoms with van der Waals surface area (Å²) in [6.45, 7) is 1.90.